The van der Waals surface area contributed by atoms with Gasteiger partial charge in [-0.15, -0.1) is 0 Å². The van der Waals surface area contributed by atoms with Gasteiger partial charge in [-0.25, -0.2) is 0 Å². The minimum atomic E-state index is -0.585. The zero-order valence-electron chi connectivity index (χ0n) is 15.7. The molecule has 0 bridgehead atoms. The number of aliphatic imine (C=N–C) groups is 1. The van der Waals surface area contributed by atoms with Crippen LogP contribution < -0.4 is 21.5 Å². The van der Waals surface area contributed by atoms with Gasteiger partial charge in [-0.1, -0.05) is 23.9 Å². The van der Waals surface area contributed by atoms with Crippen LogP contribution in [-0.4, -0.2) is 29.8 Å². The van der Waals surface area contributed by atoms with Crippen molar-refractivity contribution in [2.75, 3.05) is 18.2 Å². The lowest BCUT2D eigenvalue weighted by Crippen LogP contribution is -2.29. The Morgan fingerprint density at radius 2 is 2.00 bits per heavy atom. The van der Waals surface area contributed by atoms with Gasteiger partial charge in [0.25, 0.3) is 5.91 Å². The van der Waals surface area contributed by atoms with Crippen molar-refractivity contribution in [3.8, 4) is 5.75 Å². The van der Waals surface area contributed by atoms with Gasteiger partial charge in [0, 0.05) is 16.9 Å². The Kier molecular flexibility index (Phi) is 5.60. The normalized spacial score (nSPS) is 18.9. The Morgan fingerprint density at radius 3 is 2.68 bits per heavy atom. The van der Waals surface area contributed by atoms with Crippen LogP contribution >= 0.6 is 11.8 Å². The molecule has 1 heterocycles. The molecule has 2 aromatic rings. The molecule has 2 aromatic carbocycles. The van der Waals surface area contributed by atoms with E-state index in [0.29, 0.717) is 22.2 Å². The molecule has 2 amide bonds. The summed E-state index contributed by atoms with van der Waals surface area (Å²) in [6, 6.07) is 11.9. The van der Waals surface area contributed by atoms with E-state index in [9.17, 15) is 9.59 Å². The number of amides is 2. The number of carbonyl (C=O) groups is 2. The third-order valence-corrected chi connectivity index (χ3v) is 5.47. The monoisotopic (exact) mass is 398 g/mol. The fraction of sp³-hybridized carbons (Fsp3) is 0.250. The largest absolute Gasteiger partial charge is 0.495 e. The molecule has 5 N–H and O–H groups in total. The predicted molar refractivity (Wildman–Crippen MR) is 112 cm³/mol. The maximum atomic E-state index is 12.8. The molecule has 1 atom stereocenters. The van der Waals surface area contributed by atoms with E-state index in [-0.39, 0.29) is 11.5 Å². The van der Waals surface area contributed by atoms with Crippen molar-refractivity contribution in [2.24, 2.45) is 16.5 Å². The predicted octanol–water partition coefficient (Wildman–Crippen LogP) is 2.71. The van der Waals surface area contributed by atoms with E-state index in [2.05, 4.69) is 10.3 Å². The van der Waals surface area contributed by atoms with Gasteiger partial charge in [0.1, 0.15) is 5.75 Å². The number of rotatable bonds is 5. The first-order chi connectivity index (χ1) is 13.3. The number of hydrogen-bond acceptors (Lipinski definition) is 6. The van der Waals surface area contributed by atoms with Crippen LogP contribution in [0.4, 0.5) is 5.69 Å². The number of nitrogens with zero attached hydrogens (tertiary/aromatic N) is 1. The first kappa shape index (κ1) is 19.8. The highest BCUT2D eigenvalue weighted by Crippen LogP contribution is 2.35. The summed E-state index contributed by atoms with van der Waals surface area (Å²) in [5.41, 5.74) is 12.8. The second kappa shape index (κ2) is 7.93. The van der Waals surface area contributed by atoms with Crippen LogP contribution in [0.15, 0.2) is 47.5 Å². The molecular weight excluding hydrogens is 376 g/mol. The van der Waals surface area contributed by atoms with Gasteiger partial charge >= 0.3 is 0 Å². The molecule has 1 unspecified atom stereocenters. The molecule has 0 saturated carbocycles. The highest BCUT2D eigenvalue weighted by molar-refractivity contribution is 8.13. The summed E-state index contributed by atoms with van der Waals surface area (Å²) in [4.78, 5) is 28.8. The van der Waals surface area contributed by atoms with E-state index < -0.39 is 11.4 Å². The van der Waals surface area contributed by atoms with Crippen LogP contribution in [0.25, 0.3) is 0 Å². The Morgan fingerprint density at radius 1 is 1.21 bits per heavy atom. The van der Waals surface area contributed by atoms with Gasteiger partial charge in [-0.3, -0.25) is 14.6 Å². The molecule has 8 heteroatoms. The molecule has 146 valence electrons. The third kappa shape index (κ3) is 4.12. The summed E-state index contributed by atoms with van der Waals surface area (Å²) in [5.74, 6) is 0.397. The third-order valence-electron chi connectivity index (χ3n) is 4.67. The number of methoxy groups -OCH3 is 1. The average molecular weight is 398 g/mol. The number of nitrogens with one attached hydrogen (secondary N) is 1. The number of hydrogen-bond donors (Lipinski definition) is 3. The highest BCUT2D eigenvalue weighted by atomic mass is 32.2. The Labute approximate surface area is 167 Å². The second-order valence-electron chi connectivity index (χ2n) is 6.64. The molecule has 0 saturated heterocycles. The van der Waals surface area contributed by atoms with Crippen LogP contribution in [0.1, 0.15) is 39.6 Å². The first-order valence-corrected chi connectivity index (χ1v) is 9.69. The van der Waals surface area contributed by atoms with E-state index in [1.807, 2.05) is 25.1 Å². The molecular formula is C20H22N4O3S. The lowest BCUT2D eigenvalue weighted by Gasteiger charge is -2.30. The summed E-state index contributed by atoms with van der Waals surface area (Å²) in [6.07, 6.45) is 0.831. The summed E-state index contributed by atoms with van der Waals surface area (Å²) in [6.45, 7) is 2.01. The Balaban J connectivity index is 1.89. The molecule has 7 nitrogen and oxygen atoms in total. The van der Waals surface area contributed by atoms with E-state index in [0.717, 1.165) is 17.7 Å². The molecule has 3 rings (SSSR count). The lowest BCUT2D eigenvalue weighted by atomic mass is 9.88. The standard InChI is InChI=1S/C20H22N4O3S/c1-20(8-9-28-19(22)24-20)14-5-3-4-13(10-14)18(26)23-15-11-12(17(21)25)6-7-16(15)27-2/h3-7,10-11H,8-9H2,1-2H3,(H2,21,25)(H2,22,24)(H,23,26). The molecule has 0 radical (unpaired) electrons. The maximum Gasteiger partial charge on any atom is 0.255 e. The molecule has 0 spiro atoms. The van der Waals surface area contributed by atoms with Gasteiger partial charge in [0.15, 0.2) is 5.17 Å². The van der Waals surface area contributed by atoms with Gasteiger partial charge in [0.2, 0.25) is 5.91 Å². The summed E-state index contributed by atoms with van der Waals surface area (Å²) in [7, 11) is 1.49. The van der Waals surface area contributed by atoms with Crippen molar-refractivity contribution >= 4 is 34.4 Å². The van der Waals surface area contributed by atoms with E-state index in [1.54, 1.807) is 18.2 Å². The molecule has 0 aromatic heterocycles. The number of nitrogens with two attached hydrogens (primary N) is 2. The zero-order valence-corrected chi connectivity index (χ0v) is 16.5. The minimum absolute atomic E-state index is 0.280. The topological polar surface area (TPSA) is 120 Å². The van der Waals surface area contributed by atoms with Crippen LogP contribution in [0.2, 0.25) is 0 Å². The molecule has 28 heavy (non-hydrogen) atoms. The van der Waals surface area contributed by atoms with Crippen LogP contribution in [-0.2, 0) is 5.54 Å². The minimum Gasteiger partial charge on any atom is -0.495 e. The number of benzene rings is 2. The Bertz CT molecular complexity index is 960. The van der Waals surface area contributed by atoms with E-state index >= 15 is 0 Å². The van der Waals surface area contributed by atoms with Gasteiger partial charge in [-0.05, 0) is 49.2 Å². The van der Waals surface area contributed by atoms with Crippen molar-refractivity contribution in [1.29, 1.82) is 0 Å². The number of amidine groups is 1. The van der Waals surface area contributed by atoms with Crippen LogP contribution in [0, 0.1) is 0 Å². The second-order valence-corrected chi connectivity index (χ2v) is 7.75. The van der Waals surface area contributed by atoms with Crippen molar-refractivity contribution in [3.05, 3.63) is 59.2 Å². The molecule has 1 aliphatic rings. The smallest absolute Gasteiger partial charge is 0.255 e. The van der Waals surface area contributed by atoms with Crippen LogP contribution in [0.5, 0.6) is 5.75 Å². The van der Waals surface area contributed by atoms with E-state index in [1.165, 1.54) is 24.9 Å². The molecule has 1 aliphatic heterocycles. The molecule has 0 aliphatic carbocycles. The number of ether oxygens (including phenoxy) is 1. The van der Waals surface area contributed by atoms with Crippen molar-refractivity contribution in [2.45, 2.75) is 18.9 Å². The molecule has 0 fully saturated rings. The van der Waals surface area contributed by atoms with Crippen molar-refractivity contribution < 1.29 is 14.3 Å². The maximum absolute atomic E-state index is 12.8. The Hall–Kier alpha value is -3.00. The zero-order chi connectivity index (χ0) is 20.3. The fourth-order valence-corrected chi connectivity index (χ4v) is 4.02. The van der Waals surface area contributed by atoms with Gasteiger partial charge in [0.05, 0.1) is 18.3 Å². The SMILES string of the molecule is COc1ccc(C(N)=O)cc1NC(=O)c1cccc(C2(C)CCSC(N)=N2)c1. The van der Waals surface area contributed by atoms with Crippen LogP contribution in [0.3, 0.4) is 0 Å². The fourth-order valence-electron chi connectivity index (χ4n) is 3.04. The number of primary amides is 1. The number of carbonyl (C=O) groups excluding carboxylic acids is 2. The van der Waals surface area contributed by atoms with Crippen molar-refractivity contribution in [1.82, 2.24) is 0 Å². The number of thioether (sulfide) groups is 1. The highest BCUT2D eigenvalue weighted by Gasteiger charge is 2.30. The van der Waals surface area contributed by atoms with Gasteiger partial charge in [-0.2, -0.15) is 0 Å². The number of anilines is 1. The average Bonchev–Trinajstić information content (AvgIpc) is 2.67. The van der Waals surface area contributed by atoms with Gasteiger partial charge < -0.3 is 21.5 Å². The lowest BCUT2D eigenvalue weighted by molar-refractivity contribution is 0.0996. The quantitative estimate of drug-likeness (QED) is 0.715. The first-order valence-electron chi connectivity index (χ1n) is 8.70. The summed E-state index contributed by atoms with van der Waals surface area (Å²) in [5, 5.41) is 3.34. The summed E-state index contributed by atoms with van der Waals surface area (Å²) < 4.78 is 5.26. The van der Waals surface area contributed by atoms with Crippen molar-refractivity contribution in [3.63, 3.8) is 0 Å². The van der Waals surface area contributed by atoms with E-state index in [4.69, 9.17) is 16.2 Å². The summed E-state index contributed by atoms with van der Waals surface area (Å²) >= 11 is 1.53.